The van der Waals surface area contributed by atoms with Gasteiger partial charge in [0, 0.05) is 12.6 Å². The van der Waals surface area contributed by atoms with Gasteiger partial charge >= 0.3 is 0 Å². The van der Waals surface area contributed by atoms with Crippen molar-refractivity contribution in [2.24, 2.45) is 5.41 Å². The molecule has 1 N–H and O–H groups in total. The van der Waals surface area contributed by atoms with Gasteiger partial charge in [-0.15, -0.1) is 0 Å². The second kappa shape index (κ2) is 5.61. The van der Waals surface area contributed by atoms with Gasteiger partial charge < -0.3 is 10.2 Å². The molecule has 0 bridgehead atoms. The summed E-state index contributed by atoms with van der Waals surface area (Å²) in [6, 6.07) is 0.308. The summed E-state index contributed by atoms with van der Waals surface area (Å²) in [5, 5.41) is 3.15. The zero-order valence-corrected chi connectivity index (χ0v) is 9.77. The molecule has 0 rings (SSSR count). The van der Waals surface area contributed by atoms with Crippen LogP contribution in [0.15, 0.2) is 0 Å². The van der Waals surface area contributed by atoms with Gasteiger partial charge in [0.1, 0.15) is 0 Å². The Morgan fingerprint density at radius 2 is 1.86 bits per heavy atom. The molecule has 1 unspecified atom stereocenters. The zero-order valence-electron chi connectivity index (χ0n) is 9.77. The monoisotopic (exact) mass is 208 g/mol. The number of halogens is 2. The fourth-order valence-electron chi connectivity index (χ4n) is 1.52. The standard InChI is InChI=1S/C10H22F2N2/c1-8(13-4)10(2,3)7-14(5)6-9(11)12/h8-9,13H,6-7H2,1-5H3. The fourth-order valence-corrected chi connectivity index (χ4v) is 1.52. The number of hydrogen-bond donors (Lipinski definition) is 1. The molecule has 0 saturated heterocycles. The van der Waals surface area contributed by atoms with E-state index >= 15 is 0 Å². The lowest BCUT2D eigenvalue weighted by Gasteiger charge is -2.35. The van der Waals surface area contributed by atoms with Crippen molar-refractivity contribution in [1.29, 1.82) is 0 Å². The minimum atomic E-state index is -2.25. The third-order valence-electron chi connectivity index (χ3n) is 2.73. The Morgan fingerprint density at radius 3 is 2.21 bits per heavy atom. The van der Waals surface area contributed by atoms with Gasteiger partial charge in [0.15, 0.2) is 0 Å². The molecule has 0 aromatic heterocycles. The van der Waals surface area contributed by atoms with Crippen LogP contribution in [0.3, 0.4) is 0 Å². The van der Waals surface area contributed by atoms with Crippen molar-refractivity contribution in [2.45, 2.75) is 33.2 Å². The van der Waals surface area contributed by atoms with Crippen LogP contribution in [0.2, 0.25) is 0 Å². The van der Waals surface area contributed by atoms with E-state index in [9.17, 15) is 8.78 Å². The van der Waals surface area contributed by atoms with Gasteiger partial charge in [-0.25, -0.2) is 8.78 Å². The van der Waals surface area contributed by atoms with Crippen LogP contribution in [0.1, 0.15) is 20.8 Å². The van der Waals surface area contributed by atoms with Crippen molar-refractivity contribution in [1.82, 2.24) is 10.2 Å². The molecular weight excluding hydrogens is 186 g/mol. The quantitative estimate of drug-likeness (QED) is 0.716. The molecule has 1 atom stereocenters. The fraction of sp³-hybridized carbons (Fsp3) is 1.00. The SMILES string of the molecule is CNC(C)C(C)(C)CN(C)CC(F)F. The lowest BCUT2D eigenvalue weighted by atomic mass is 9.85. The number of alkyl halides is 2. The third kappa shape index (κ3) is 4.86. The van der Waals surface area contributed by atoms with Crippen molar-refractivity contribution in [2.75, 3.05) is 27.2 Å². The number of nitrogens with one attached hydrogen (secondary N) is 1. The summed E-state index contributed by atoms with van der Waals surface area (Å²) in [7, 11) is 3.62. The highest BCUT2D eigenvalue weighted by Gasteiger charge is 2.26. The summed E-state index contributed by atoms with van der Waals surface area (Å²) >= 11 is 0. The smallest absolute Gasteiger partial charge is 0.251 e. The predicted molar refractivity (Wildman–Crippen MR) is 55.8 cm³/mol. The molecule has 0 aliphatic carbocycles. The Kier molecular flexibility index (Phi) is 5.52. The molecule has 0 fully saturated rings. The van der Waals surface area contributed by atoms with Gasteiger partial charge in [-0.3, -0.25) is 0 Å². The van der Waals surface area contributed by atoms with Crippen LogP contribution in [0.4, 0.5) is 8.78 Å². The van der Waals surface area contributed by atoms with Crippen molar-refractivity contribution in [3.8, 4) is 0 Å². The van der Waals surface area contributed by atoms with E-state index in [1.165, 1.54) is 0 Å². The van der Waals surface area contributed by atoms with E-state index in [2.05, 4.69) is 26.1 Å². The normalized spacial score (nSPS) is 15.2. The average molecular weight is 208 g/mol. The first-order valence-corrected chi connectivity index (χ1v) is 4.93. The average Bonchev–Trinajstić information content (AvgIpc) is 1.99. The highest BCUT2D eigenvalue weighted by Crippen LogP contribution is 2.21. The molecule has 0 radical (unpaired) electrons. The summed E-state index contributed by atoms with van der Waals surface area (Å²) in [4.78, 5) is 1.68. The topological polar surface area (TPSA) is 15.3 Å². The van der Waals surface area contributed by atoms with Crippen molar-refractivity contribution in [3.63, 3.8) is 0 Å². The number of rotatable bonds is 6. The number of nitrogens with zero attached hydrogens (tertiary/aromatic N) is 1. The highest BCUT2D eigenvalue weighted by molar-refractivity contribution is 4.82. The van der Waals surface area contributed by atoms with E-state index in [1.54, 1.807) is 11.9 Å². The summed E-state index contributed by atoms with van der Waals surface area (Å²) < 4.78 is 24.2. The first-order chi connectivity index (χ1) is 6.29. The molecule has 14 heavy (non-hydrogen) atoms. The maximum atomic E-state index is 12.1. The molecule has 0 aliphatic heterocycles. The van der Waals surface area contributed by atoms with Crippen LogP contribution in [0.5, 0.6) is 0 Å². The zero-order chi connectivity index (χ0) is 11.4. The molecule has 4 heteroatoms. The molecule has 0 aromatic rings. The second-order valence-corrected chi connectivity index (χ2v) is 4.59. The minimum absolute atomic E-state index is 0.00160. The molecule has 0 saturated carbocycles. The molecule has 0 heterocycles. The molecule has 86 valence electrons. The third-order valence-corrected chi connectivity index (χ3v) is 2.73. The molecule has 0 amide bonds. The first-order valence-electron chi connectivity index (χ1n) is 4.93. The summed E-state index contributed by atoms with van der Waals surface area (Å²) in [5.74, 6) is 0. The van der Waals surface area contributed by atoms with Crippen molar-refractivity contribution < 1.29 is 8.78 Å². The van der Waals surface area contributed by atoms with Crippen LogP contribution in [-0.4, -0.2) is 44.6 Å². The maximum Gasteiger partial charge on any atom is 0.251 e. The minimum Gasteiger partial charge on any atom is -0.317 e. The Balaban J connectivity index is 4.07. The van der Waals surface area contributed by atoms with Gasteiger partial charge in [-0.05, 0) is 26.4 Å². The molecule has 0 aliphatic rings. The molecule has 2 nitrogen and oxygen atoms in total. The van der Waals surface area contributed by atoms with E-state index in [0.717, 1.165) is 0 Å². The largest absolute Gasteiger partial charge is 0.317 e. The van der Waals surface area contributed by atoms with E-state index in [4.69, 9.17) is 0 Å². The van der Waals surface area contributed by atoms with E-state index in [0.29, 0.717) is 12.6 Å². The van der Waals surface area contributed by atoms with Gasteiger partial charge in [-0.1, -0.05) is 13.8 Å². The Morgan fingerprint density at radius 1 is 1.36 bits per heavy atom. The predicted octanol–water partition coefficient (Wildman–Crippen LogP) is 1.82. The van der Waals surface area contributed by atoms with Crippen LogP contribution in [0, 0.1) is 5.41 Å². The van der Waals surface area contributed by atoms with Gasteiger partial charge in [0.2, 0.25) is 0 Å². The van der Waals surface area contributed by atoms with Gasteiger partial charge in [0.05, 0.1) is 6.54 Å². The second-order valence-electron chi connectivity index (χ2n) is 4.59. The summed E-state index contributed by atoms with van der Waals surface area (Å²) in [6.45, 7) is 6.74. The van der Waals surface area contributed by atoms with Crippen molar-refractivity contribution in [3.05, 3.63) is 0 Å². The Labute approximate surface area is 85.7 Å². The van der Waals surface area contributed by atoms with Crippen molar-refractivity contribution >= 4 is 0 Å². The summed E-state index contributed by atoms with van der Waals surface area (Å²) in [6.07, 6.45) is -2.25. The lowest BCUT2D eigenvalue weighted by Crippen LogP contribution is -2.45. The van der Waals surface area contributed by atoms with Crippen LogP contribution in [0.25, 0.3) is 0 Å². The molecule has 0 aromatic carbocycles. The summed E-state index contributed by atoms with van der Waals surface area (Å²) in [5.41, 5.74) is -0.00160. The van der Waals surface area contributed by atoms with Gasteiger partial charge in [0.25, 0.3) is 6.43 Å². The van der Waals surface area contributed by atoms with Crippen LogP contribution >= 0.6 is 0 Å². The van der Waals surface area contributed by atoms with Crippen LogP contribution in [-0.2, 0) is 0 Å². The maximum absolute atomic E-state index is 12.1. The van der Waals surface area contributed by atoms with E-state index in [-0.39, 0.29) is 12.0 Å². The number of hydrogen-bond acceptors (Lipinski definition) is 2. The van der Waals surface area contributed by atoms with E-state index < -0.39 is 6.43 Å². The lowest BCUT2D eigenvalue weighted by molar-refractivity contribution is 0.0752. The Bertz CT molecular complexity index is 160. The first kappa shape index (κ1) is 13.8. The van der Waals surface area contributed by atoms with Crippen LogP contribution < -0.4 is 5.32 Å². The molecule has 0 spiro atoms. The van der Waals surface area contributed by atoms with Gasteiger partial charge in [-0.2, -0.15) is 0 Å². The molecular formula is C10H22F2N2. The highest BCUT2D eigenvalue weighted by atomic mass is 19.3. The van der Waals surface area contributed by atoms with E-state index in [1.807, 2.05) is 7.05 Å². The Hall–Kier alpha value is -0.220.